The van der Waals surface area contributed by atoms with Gasteiger partial charge >= 0.3 is 5.69 Å². The van der Waals surface area contributed by atoms with Gasteiger partial charge in [0.25, 0.3) is 12.3 Å². The second-order valence-electron chi connectivity index (χ2n) is 15.2. The van der Waals surface area contributed by atoms with E-state index in [1.54, 1.807) is 28.7 Å². The number of aryl methyl sites for hydroxylation is 1. The van der Waals surface area contributed by atoms with Crippen molar-refractivity contribution >= 4 is 51.5 Å². The molecule has 3 fully saturated rings. The molecule has 2 N–H and O–H groups in total. The summed E-state index contributed by atoms with van der Waals surface area (Å²) in [6.45, 7) is 2.45. The van der Waals surface area contributed by atoms with E-state index in [2.05, 4.69) is 42.7 Å². The smallest absolute Gasteiger partial charge is 0.329 e. The fourth-order valence-electron chi connectivity index (χ4n) is 8.37. The quantitative estimate of drug-likeness (QED) is 0.202. The van der Waals surface area contributed by atoms with Crippen molar-refractivity contribution in [2.24, 2.45) is 13.0 Å². The van der Waals surface area contributed by atoms with Crippen LogP contribution in [0.5, 0.6) is 0 Å². The van der Waals surface area contributed by atoms with Gasteiger partial charge in [0, 0.05) is 59.4 Å². The number of imidazole rings is 1. The van der Waals surface area contributed by atoms with Crippen LogP contribution in [0.15, 0.2) is 47.8 Å². The van der Waals surface area contributed by atoms with Crippen LogP contribution >= 0.6 is 0 Å². The number of imide groups is 1. The number of carbonyl (C=O) groups is 3. The van der Waals surface area contributed by atoms with Gasteiger partial charge in [-0.2, -0.15) is 10.2 Å². The molecule has 1 unspecified atom stereocenters. The number of hydrogen-bond donors (Lipinski definition) is 2. The van der Waals surface area contributed by atoms with Crippen LogP contribution in [0.1, 0.15) is 73.1 Å². The van der Waals surface area contributed by atoms with Gasteiger partial charge in [-0.3, -0.25) is 33.5 Å². The molecule has 0 spiro atoms. The van der Waals surface area contributed by atoms with Gasteiger partial charge in [-0.15, -0.1) is 0 Å². The summed E-state index contributed by atoms with van der Waals surface area (Å²) >= 11 is 0. The van der Waals surface area contributed by atoms with Crippen molar-refractivity contribution in [3.8, 4) is 0 Å². The van der Waals surface area contributed by atoms with Crippen molar-refractivity contribution in [3.05, 3.63) is 64.7 Å². The molecule has 2 saturated heterocycles. The normalized spacial score (nSPS) is 20.8. The number of hydrogen-bond acceptors (Lipinski definition) is 10. The molecule has 16 nitrogen and oxygen atoms in total. The monoisotopic (exact) mass is 758 g/mol. The fourth-order valence-corrected chi connectivity index (χ4v) is 8.37. The van der Waals surface area contributed by atoms with E-state index < -0.39 is 30.0 Å². The fraction of sp³-hybridized carbons (Fsp3) is 0.486. The van der Waals surface area contributed by atoms with E-state index >= 15 is 0 Å². The second kappa shape index (κ2) is 14.2. The minimum absolute atomic E-state index is 0.0279. The maximum Gasteiger partial charge on any atom is 0.329 e. The summed E-state index contributed by atoms with van der Waals surface area (Å²) in [6.07, 6.45) is 7.23. The molecule has 55 heavy (non-hydrogen) atoms. The summed E-state index contributed by atoms with van der Waals surface area (Å²) in [6, 6.07) is 5.34. The van der Waals surface area contributed by atoms with Gasteiger partial charge in [0.05, 0.1) is 52.7 Å². The molecule has 6 heterocycles. The highest BCUT2D eigenvalue weighted by molar-refractivity contribution is 6.08. The van der Waals surface area contributed by atoms with Crippen LogP contribution in [-0.4, -0.2) is 103 Å². The predicted molar refractivity (Wildman–Crippen MR) is 201 cm³/mol. The van der Waals surface area contributed by atoms with Gasteiger partial charge in [-0.1, -0.05) is 6.07 Å². The van der Waals surface area contributed by atoms with E-state index in [-0.39, 0.29) is 41.7 Å². The Morgan fingerprint density at radius 2 is 1.82 bits per heavy atom. The summed E-state index contributed by atoms with van der Waals surface area (Å²) in [5.41, 5.74) is 2.88. The van der Waals surface area contributed by atoms with Crippen LogP contribution < -0.4 is 26.1 Å². The van der Waals surface area contributed by atoms with E-state index in [0.717, 1.165) is 62.2 Å². The number of para-hydroxylation sites is 1. The van der Waals surface area contributed by atoms with Gasteiger partial charge < -0.3 is 20.0 Å². The van der Waals surface area contributed by atoms with Crippen LogP contribution in [0.4, 0.5) is 25.8 Å². The SMILES string of the molecule is CN(C)c1cnc2c(C(=O)Nc3cn(C4CC(CN(C)C5CCN(c6cccc7c6n(C)c(=O)n7C6CCC(=O)NC6=O)CC5)C4)nc3C(F)F)cnn2c1. The van der Waals surface area contributed by atoms with Gasteiger partial charge in [-0.05, 0) is 57.2 Å². The van der Waals surface area contributed by atoms with Crippen molar-refractivity contribution in [2.45, 2.75) is 63.1 Å². The van der Waals surface area contributed by atoms with E-state index in [1.807, 2.05) is 37.2 Å². The number of nitrogens with one attached hydrogen (secondary N) is 2. The molecule has 5 aromatic rings. The summed E-state index contributed by atoms with van der Waals surface area (Å²) in [5.74, 6) is -0.993. The van der Waals surface area contributed by atoms with Crippen LogP contribution in [0.2, 0.25) is 0 Å². The molecule has 290 valence electrons. The molecule has 1 saturated carbocycles. The Bertz CT molecular complexity index is 2350. The standard InChI is InChI=1S/C37H44F2N12O4/c1-45(2)24-16-40-34-25(17-41-50(34)19-24)35(53)42-26-20-49(44-31(26)33(38)39)23-14-21(15-23)18-46(3)22-10-12-48(13-11-22)27-6-5-7-28-32(27)47(4)37(55)51(28)29-8-9-30(52)43-36(29)54/h5-7,16-17,19-23,29,33H,8-15,18H2,1-4H3,(H,42,53)(H,43,52,54). The zero-order valence-corrected chi connectivity index (χ0v) is 31.2. The number of anilines is 3. The average Bonchev–Trinajstić information content (AvgIpc) is 3.83. The number of nitrogens with zero attached hydrogens (tertiary/aromatic N) is 10. The number of aromatic nitrogens is 7. The first kappa shape index (κ1) is 36.3. The Morgan fingerprint density at radius 1 is 1.05 bits per heavy atom. The Kier molecular flexibility index (Phi) is 9.39. The number of amides is 3. The van der Waals surface area contributed by atoms with Crippen molar-refractivity contribution in [3.63, 3.8) is 0 Å². The zero-order chi connectivity index (χ0) is 38.7. The molecule has 18 heteroatoms. The van der Waals surface area contributed by atoms with E-state index in [9.17, 15) is 28.0 Å². The topological polar surface area (TPSA) is 160 Å². The third-order valence-corrected chi connectivity index (χ3v) is 11.5. The molecule has 3 aliphatic rings. The summed E-state index contributed by atoms with van der Waals surface area (Å²) in [5, 5.41) is 13.4. The number of rotatable bonds is 10. The molecule has 1 aromatic carbocycles. The Labute approximate surface area is 314 Å². The van der Waals surface area contributed by atoms with Crippen LogP contribution in [0, 0.1) is 5.92 Å². The van der Waals surface area contributed by atoms with Crippen molar-refractivity contribution in [2.75, 3.05) is 55.9 Å². The van der Waals surface area contributed by atoms with Crippen molar-refractivity contribution in [1.29, 1.82) is 0 Å². The molecule has 4 aromatic heterocycles. The van der Waals surface area contributed by atoms with E-state index in [0.29, 0.717) is 23.1 Å². The number of benzene rings is 1. The number of piperidine rings is 2. The van der Waals surface area contributed by atoms with Crippen LogP contribution in [-0.2, 0) is 16.6 Å². The lowest BCUT2D eigenvalue weighted by Crippen LogP contribution is -2.46. The minimum Gasteiger partial charge on any atom is -0.375 e. The summed E-state index contributed by atoms with van der Waals surface area (Å²) in [7, 11) is 7.58. The highest BCUT2D eigenvalue weighted by Gasteiger charge is 2.36. The van der Waals surface area contributed by atoms with Gasteiger partial charge in [0.1, 0.15) is 11.6 Å². The molecular weight excluding hydrogens is 714 g/mol. The molecule has 3 amide bonds. The molecule has 2 aliphatic heterocycles. The minimum atomic E-state index is -2.86. The highest BCUT2D eigenvalue weighted by Crippen LogP contribution is 2.40. The number of halogens is 2. The lowest BCUT2D eigenvalue weighted by molar-refractivity contribution is -0.135. The lowest BCUT2D eigenvalue weighted by atomic mass is 9.79. The maximum atomic E-state index is 14.1. The average molecular weight is 759 g/mol. The van der Waals surface area contributed by atoms with Crippen molar-refractivity contribution < 1.29 is 23.2 Å². The molecule has 1 aliphatic carbocycles. The first-order chi connectivity index (χ1) is 26.4. The molecular formula is C37H44F2N12O4. The zero-order valence-electron chi connectivity index (χ0n) is 31.2. The Hall–Kier alpha value is -5.65. The maximum absolute atomic E-state index is 14.1. The number of alkyl halides is 2. The van der Waals surface area contributed by atoms with Crippen LogP contribution in [0.25, 0.3) is 16.7 Å². The van der Waals surface area contributed by atoms with Crippen LogP contribution in [0.3, 0.4) is 0 Å². The predicted octanol–water partition coefficient (Wildman–Crippen LogP) is 3.36. The van der Waals surface area contributed by atoms with Gasteiger partial charge in [0.15, 0.2) is 11.3 Å². The van der Waals surface area contributed by atoms with E-state index in [1.165, 1.54) is 21.5 Å². The van der Waals surface area contributed by atoms with Gasteiger partial charge in [-0.25, -0.2) is 23.1 Å². The summed E-state index contributed by atoms with van der Waals surface area (Å²) in [4.78, 5) is 61.9. The Morgan fingerprint density at radius 3 is 2.53 bits per heavy atom. The number of fused-ring (bicyclic) bond motifs is 2. The van der Waals surface area contributed by atoms with Crippen molar-refractivity contribution in [1.82, 2.24) is 43.7 Å². The number of carbonyl (C=O) groups excluding carboxylic acids is 3. The largest absolute Gasteiger partial charge is 0.375 e. The van der Waals surface area contributed by atoms with E-state index in [4.69, 9.17) is 0 Å². The molecule has 0 radical (unpaired) electrons. The third-order valence-electron chi connectivity index (χ3n) is 11.5. The lowest BCUT2D eigenvalue weighted by Gasteiger charge is -2.42. The first-order valence-electron chi connectivity index (χ1n) is 18.6. The summed E-state index contributed by atoms with van der Waals surface area (Å²) < 4.78 is 34.3. The molecule has 1 atom stereocenters. The Balaban J connectivity index is 0.874. The molecule has 0 bridgehead atoms. The second-order valence-corrected chi connectivity index (χ2v) is 15.2. The first-order valence-corrected chi connectivity index (χ1v) is 18.6. The third kappa shape index (κ3) is 6.61. The highest BCUT2D eigenvalue weighted by atomic mass is 19.3. The van der Waals surface area contributed by atoms with Gasteiger partial charge in [0.2, 0.25) is 11.8 Å². The molecule has 8 rings (SSSR count).